The summed E-state index contributed by atoms with van der Waals surface area (Å²) in [6.45, 7) is 0.497. The third kappa shape index (κ3) is 3.56. The van der Waals surface area contributed by atoms with Gasteiger partial charge in [0.15, 0.2) is 0 Å². The maximum absolute atomic E-state index is 13.1. The molecule has 8 heteroatoms. The normalized spacial score (nSPS) is 16.8. The zero-order valence-corrected chi connectivity index (χ0v) is 17.2. The highest BCUT2D eigenvalue weighted by molar-refractivity contribution is 7.18. The van der Waals surface area contributed by atoms with Crippen LogP contribution in [0.5, 0.6) is 11.5 Å². The van der Waals surface area contributed by atoms with Gasteiger partial charge in [-0.3, -0.25) is 14.5 Å². The quantitative estimate of drug-likeness (QED) is 0.581. The Morgan fingerprint density at radius 3 is 2.69 bits per heavy atom. The van der Waals surface area contributed by atoms with E-state index >= 15 is 0 Å². The number of hydrogen-bond acceptors (Lipinski definition) is 7. The minimum Gasteiger partial charge on any atom is -0.497 e. The van der Waals surface area contributed by atoms with Crippen LogP contribution in [0.3, 0.4) is 0 Å². The van der Waals surface area contributed by atoms with Gasteiger partial charge in [0.1, 0.15) is 16.5 Å². The average molecular weight is 411 g/mol. The highest BCUT2D eigenvalue weighted by Gasteiger charge is 2.42. The molecule has 1 fully saturated rings. The number of ether oxygens (including phenoxy) is 2. The van der Waals surface area contributed by atoms with Crippen LogP contribution in [0.1, 0.15) is 11.4 Å². The van der Waals surface area contributed by atoms with Crippen molar-refractivity contribution in [1.29, 1.82) is 0 Å². The van der Waals surface area contributed by atoms with Crippen molar-refractivity contribution in [3.8, 4) is 11.5 Å². The average Bonchev–Trinajstić information content (AvgIpc) is 3.27. The van der Waals surface area contributed by atoms with Crippen molar-refractivity contribution in [2.45, 2.75) is 19.0 Å². The molecule has 2 heterocycles. The number of rotatable bonds is 6. The fraction of sp³-hybridized carbons (Fsp3) is 0.286. The van der Waals surface area contributed by atoms with Crippen molar-refractivity contribution in [2.24, 2.45) is 0 Å². The summed E-state index contributed by atoms with van der Waals surface area (Å²) in [7, 11) is 4.89. The third-order valence-electron chi connectivity index (χ3n) is 5.01. The monoisotopic (exact) mass is 411 g/mol. The van der Waals surface area contributed by atoms with Gasteiger partial charge >= 0.3 is 0 Å². The van der Waals surface area contributed by atoms with Crippen LogP contribution < -0.4 is 14.4 Å². The van der Waals surface area contributed by atoms with Crippen molar-refractivity contribution in [1.82, 2.24) is 9.88 Å². The molecule has 2 aromatic carbocycles. The maximum atomic E-state index is 13.1. The number of carbonyl (C=O) groups excluding carboxylic acids is 2. The van der Waals surface area contributed by atoms with E-state index in [9.17, 15) is 9.59 Å². The number of para-hydroxylation sites is 1. The minimum atomic E-state index is -0.540. The first kappa shape index (κ1) is 19.4. The molecule has 1 aliphatic rings. The summed E-state index contributed by atoms with van der Waals surface area (Å²) in [6, 6.07) is 12.4. The molecule has 1 aromatic heterocycles. The topological polar surface area (TPSA) is 72.0 Å². The van der Waals surface area contributed by atoms with Crippen molar-refractivity contribution < 1.29 is 19.1 Å². The van der Waals surface area contributed by atoms with Crippen LogP contribution in [0.2, 0.25) is 0 Å². The Morgan fingerprint density at radius 1 is 1.17 bits per heavy atom. The number of hydrogen-bond donors (Lipinski definition) is 0. The van der Waals surface area contributed by atoms with E-state index in [0.717, 1.165) is 15.2 Å². The number of benzene rings is 2. The van der Waals surface area contributed by atoms with Crippen LogP contribution in [0.25, 0.3) is 10.2 Å². The second-order valence-corrected chi connectivity index (χ2v) is 7.93. The predicted octanol–water partition coefficient (Wildman–Crippen LogP) is 3.08. The summed E-state index contributed by atoms with van der Waals surface area (Å²) in [5, 5.41) is 0.912. The van der Waals surface area contributed by atoms with Crippen LogP contribution in [-0.4, -0.2) is 49.0 Å². The van der Waals surface area contributed by atoms with E-state index in [1.807, 2.05) is 36.2 Å². The fourth-order valence-corrected chi connectivity index (χ4v) is 4.53. The van der Waals surface area contributed by atoms with Crippen LogP contribution in [0.15, 0.2) is 42.5 Å². The first-order valence-corrected chi connectivity index (χ1v) is 9.97. The summed E-state index contributed by atoms with van der Waals surface area (Å²) >= 11 is 1.60. The number of fused-ring (bicyclic) bond motifs is 1. The van der Waals surface area contributed by atoms with Gasteiger partial charge in [-0.15, -0.1) is 11.3 Å². The molecule has 3 aromatic rings. The zero-order valence-electron chi connectivity index (χ0n) is 16.4. The minimum absolute atomic E-state index is 0.120. The van der Waals surface area contributed by atoms with E-state index in [4.69, 9.17) is 9.47 Å². The van der Waals surface area contributed by atoms with Gasteiger partial charge in [0, 0.05) is 6.07 Å². The lowest BCUT2D eigenvalue weighted by atomic mass is 10.2. The molecule has 1 saturated heterocycles. The molecule has 2 amide bonds. The van der Waals surface area contributed by atoms with Gasteiger partial charge in [0.05, 0.1) is 49.1 Å². The number of nitrogens with zero attached hydrogens (tertiary/aromatic N) is 3. The van der Waals surface area contributed by atoms with Gasteiger partial charge in [-0.2, -0.15) is 0 Å². The van der Waals surface area contributed by atoms with E-state index in [1.54, 1.807) is 36.6 Å². The summed E-state index contributed by atoms with van der Waals surface area (Å²) < 4.78 is 11.7. The number of anilines is 1. The molecule has 1 atom stereocenters. The number of amides is 2. The Hall–Kier alpha value is -2.97. The highest BCUT2D eigenvalue weighted by Crippen LogP contribution is 2.36. The molecule has 0 saturated carbocycles. The summed E-state index contributed by atoms with van der Waals surface area (Å²) in [5.74, 6) is 0.497. The number of aromatic nitrogens is 1. The van der Waals surface area contributed by atoms with Gasteiger partial charge < -0.3 is 9.47 Å². The number of carbonyl (C=O) groups is 2. The Kier molecular flexibility index (Phi) is 5.21. The van der Waals surface area contributed by atoms with Gasteiger partial charge in [-0.05, 0) is 31.3 Å². The zero-order chi connectivity index (χ0) is 20.5. The van der Waals surface area contributed by atoms with E-state index in [1.165, 1.54) is 12.0 Å². The second-order valence-electron chi connectivity index (χ2n) is 6.82. The van der Waals surface area contributed by atoms with Crippen molar-refractivity contribution in [2.75, 3.05) is 26.2 Å². The standard InChI is InChI=1S/C21H21N3O4S/c1-23(12-19-22-14-6-4-5-7-18(14)29-19)16-11-20(25)24(21(16)26)15-9-8-13(27-2)10-17(15)28-3/h4-10,16H,11-12H2,1-3H3. The molecular weight excluding hydrogens is 390 g/mol. The highest BCUT2D eigenvalue weighted by atomic mass is 32.1. The largest absolute Gasteiger partial charge is 0.497 e. The molecule has 29 heavy (non-hydrogen) atoms. The van der Waals surface area contributed by atoms with Crippen molar-refractivity contribution in [3.05, 3.63) is 47.5 Å². The molecule has 0 bridgehead atoms. The van der Waals surface area contributed by atoms with Gasteiger partial charge in [-0.25, -0.2) is 9.88 Å². The lowest BCUT2D eigenvalue weighted by Gasteiger charge is -2.22. The molecule has 0 spiro atoms. The van der Waals surface area contributed by atoms with E-state index in [2.05, 4.69) is 4.98 Å². The molecular formula is C21H21N3O4S. The van der Waals surface area contributed by atoms with Crippen LogP contribution in [-0.2, 0) is 16.1 Å². The van der Waals surface area contributed by atoms with Gasteiger partial charge in [0.25, 0.3) is 5.91 Å². The predicted molar refractivity (Wildman–Crippen MR) is 112 cm³/mol. The van der Waals surface area contributed by atoms with Crippen molar-refractivity contribution in [3.63, 3.8) is 0 Å². The van der Waals surface area contributed by atoms with Gasteiger partial charge in [-0.1, -0.05) is 12.1 Å². The molecule has 1 unspecified atom stereocenters. The Morgan fingerprint density at radius 2 is 1.97 bits per heavy atom. The molecule has 0 radical (unpaired) electrons. The molecule has 4 rings (SSSR count). The van der Waals surface area contributed by atoms with Crippen LogP contribution in [0, 0.1) is 0 Å². The summed E-state index contributed by atoms with van der Waals surface area (Å²) in [5.41, 5.74) is 1.37. The van der Waals surface area contributed by atoms with E-state index in [0.29, 0.717) is 23.7 Å². The van der Waals surface area contributed by atoms with E-state index in [-0.39, 0.29) is 18.2 Å². The maximum Gasteiger partial charge on any atom is 0.251 e. The fourth-order valence-electron chi connectivity index (χ4n) is 3.49. The first-order chi connectivity index (χ1) is 14.0. The second kappa shape index (κ2) is 7.81. The third-order valence-corrected chi connectivity index (χ3v) is 6.03. The SMILES string of the molecule is COc1ccc(N2C(=O)CC(N(C)Cc3nc4ccccc4s3)C2=O)c(OC)c1. The lowest BCUT2D eigenvalue weighted by Crippen LogP contribution is -2.39. The Bertz CT molecular complexity index is 1050. The number of thiazole rings is 1. The van der Waals surface area contributed by atoms with Gasteiger partial charge in [0.2, 0.25) is 5.91 Å². The number of likely N-dealkylation sites (N-methyl/N-ethyl adjacent to an activating group) is 1. The van der Waals surface area contributed by atoms with Crippen LogP contribution >= 0.6 is 11.3 Å². The van der Waals surface area contributed by atoms with Crippen molar-refractivity contribution >= 4 is 39.1 Å². The summed E-state index contributed by atoms with van der Waals surface area (Å²) in [4.78, 5) is 33.5. The molecule has 7 nitrogen and oxygen atoms in total. The Labute approximate surface area is 172 Å². The van der Waals surface area contributed by atoms with Crippen LogP contribution in [0.4, 0.5) is 5.69 Å². The Balaban J connectivity index is 1.56. The molecule has 0 N–H and O–H groups in total. The molecule has 1 aliphatic heterocycles. The van der Waals surface area contributed by atoms with E-state index < -0.39 is 6.04 Å². The smallest absolute Gasteiger partial charge is 0.251 e. The lowest BCUT2D eigenvalue weighted by molar-refractivity contribution is -0.122. The number of imide groups is 1. The summed E-state index contributed by atoms with van der Waals surface area (Å²) in [6.07, 6.45) is 0.120. The number of methoxy groups -OCH3 is 2. The first-order valence-electron chi connectivity index (χ1n) is 9.15. The molecule has 150 valence electrons. The molecule has 0 aliphatic carbocycles.